The van der Waals surface area contributed by atoms with E-state index < -0.39 is 10.0 Å². The SMILES string of the molecule is COC1C2CC3CN(S(=O)(=O)C4CCOC4C)C1C3C2. The molecule has 0 spiro atoms. The zero-order valence-corrected chi connectivity index (χ0v) is 12.9. The van der Waals surface area contributed by atoms with Crippen LogP contribution in [0.2, 0.25) is 0 Å². The van der Waals surface area contributed by atoms with E-state index in [0.29, 0.717) is 37.3 Å². The molecule has 2 bridgehead atoms. The second kappa shape index (κ2) is 4.41. The molecule has 0 radical (unpaired) electrons. The third-order valence-electron chi connectivity index (χ3n) is 6.06. The Kier molecular flexibility index (Phi) is 2.98. The molecule has 5 nitrogen and oxygen atoms in total. The standard InChI is InChI=1S/C14H23NO4S/c1-8-12(3-4-19-8)20(16,17)15-7-10-5-9-6-11(10)13(15)14(9)18-2/h8-14H,3-7H2,1-2H3. The van der Waals surface area contributed by atoms with E-state index in [-0.39, 0.29) is 23.5 Å². The maximum absolute atomic E-state index is 13.0. The summed E-state index contributed by atoms with van der Waals surface area (Å²) >= 11 is 0. The van der Waals surface area contributed by atoms with Crippen molar-refractivity contribution < 1.29 is 17.9 Å². The number of fused-ring (bicyclic) bond motifs is 1. The number of sulfonamides is 1. The molecule has 7 unspecified atom stereocenters. The van der Waals surface area contributed by atoms with Crippen molar-refractivity contribution in [3.8, 4) is 0 Å². The van der Waals surface area contributed by atoms with Crippen LogP contribution in [0.25, 0.3) is 0 Å². The highest BCUT2D eigenvalue weighted by molar-refractivity contribution is 7.89. The normalized spacial score (nSPS) is 51.2. The van der Waals surface area contributed by atoms with Crippen LogP contribution < -0.4 is 0 Å². The van der Waals surface area contributed by atoms with Gasteiger partial charge in [-0.3, -0.25) is 0 Å². The van der Waals surface area contributed by atoms with Crippen LogP contribution in [0.4, 0.5) is 0 Å². The molecule has 0 aromatic heterocycles. The smallest absolute Gasteiger partial charge is 0.219 e. The lowest BCUT2D eigenvalue weighted by atomic mass is 9.88. The van der Waals surface area contributed by atoms with Gasteiger partial charge in [0, 0.05) is 20.3 Å². The van der Waals surface area contributed by atoms with Crippen LogP contribution in [-0.4, -0.2) is 56.5 Å². The van der Waals surface area contributed by atoms with Gasteiger partial charge in [-0.15, -0.1) is 0 Å². The zero-order valence-electron chi connectivity index (χ0n) is 12.1. The Morgan fingerprint density at radius 1 is 1.25 bits per heavy atom. The summed E-state index contributed by atoms with van der Waals surface area (Å²) in [6.45, 7) is 3.15. The summed E-state index contributed by atoms with van der Waals surface area (Å²) in [5.41, 5.74) is 0. The van der Waals surface area contributed by atoms with Crippen LogP contribution in [0, 0.1) is 17.8 Å². The minimum Gasteiger partial charge on any atom is -0.379 e. The van der Waals surface area contributed by atoms with Crippen molar-refractivity contribution in [1.82, 2.24) is 4.31 Å². The molecular formula is C14H23NO4S. The Balaban J connectivity index is 1.66. The summed E-state index contributed by atoms with van der Waals surface area (Å²) < 4.78 is 38.9. The van der Waals surface area contributed by atoms with Crippen LogP contribution in [0.3, 0.4) is 0 Å². The Hall–Kier alpha value is -0.170. The number of ether oxygens (including phenoxy) is 2. The van der Waals surface area contributed by atoms with E-state index >= 15 is 0 Å². The van der Waals surface area contributed by atoms with Crippen molar-refractivity contribution in [2.24, 2.45) is 17.8 Å². The fraction of sp³-hybridized carbons (Fsp3) is 1.00. The van der Waals surface area contributed by atoms with Gasteiger partial charge in [0.2, 0.25) is 10.0 Å². The number of hydrogen-bond acceptors (Lipinski definition) is 4. The third kappa shape index (κ3) is 1.62. The van der Waals surface area contributed by atoms with Gasteiger partial charge >= 0.3 is 0 Å². The van der Waals surface area contributed by atoms with Crippen molar-refractivity contribution >= 4 is 10.0 Å². The van der Waals surface area contributed by atoms with Crippen LogP contribution in [0.15, 0.2) is 0 Å². The maximum atomic E-state index is 13.0. The zero-order chi connectivity index (χ0) is 14.1. The summed E-state index contributed by atoms with van der Waals surface area (Å²) in [6.07, 6.45) is 2.84. The molecule has 2 aliphatic carbocycles. The topological polar surface area (TPSA) is 55.8 Å². The van der Waals surface area contributed by atoms with Gasteiger partial charge in [-0.2, -0.15) is 4.31 Å². The van der Waals surface area contributed by atoms with E-state index in [2.05, 4.69) is 0 Å². The molecule has 7 atom stereocenters. The van der Waals surface area contributed by atoms with E-state index in [1.165, 1.54) is 0 Å². The van der Waals surface area contributed by atoms with Gasteiger partial charge in [-0.1, -0.05) is 0 Å². The van der Waals surface area contributed by atoms with Crippen LogP contribution >= 0.6 is 0 Å². The van der Waals surface area contributed by atoms with Gasteiger partial charge < -0.3 is 9.47 Å². The van der Waals surface area contributed by atoms with Gasteiger partial charge in [0.25, 0.3) is 0 Å². The number of hydrogen-bond donors (Lipinski definition) is 0. The van der Waals surface area contributed by atoms with Gasteiger partial charge in [-0.25, -0.2) is 8.42 Å². The van der Waals surface area contributed by atoms with Crippen LogP contribution in [0.5, 0.6) is 0 Å². The first-order valence-electron chi connectivity index (χ1n) is 7.69. The molecule has 4 fully saturated rings. The predicted octanol–water partition coefficient (Wildman–Crippen LogP) is 0.849. The molecule has 0 aromatic rings. The highest BCUT2D eigenvalue weighted by atomic mass is 32.2. The minimum atomic E-state index is -3.26. The van der Waals surface area contributed by atoms with Crippen LogP contribution in [-0.2, 0) is 19.5 Å². The lowest BCUT2D eigenvalue weighted by Crippen LogP contribution is -2.49. The predicted molar refractivity (Wildman–Crippen MR) is 73.7 cm³/mol. The highest BCUT2D eigenvalue weighted by Gasteiger charge is 2.63. The average molecular weight is 301 g/mol. The monoisotopic (exact) mass is 301 g/mol. The van der Waals surface area contributed by atoms with Crippen molar-refractivity contribution in [2.45, 2.75) is 49.7 Å². The molecular weight excluding hydrogens is 278 g/mol. The van der Waals surface area contributed by atoms with E-state index in [4.69, 9.17) is 9.47 Å². The molecule has 0 aromatic carbocycles. The molecule has 0 amide bonds. The number of methoxy groups -OCH3 is 1. The molecule has 2 saturated heterocycles. The fourth-order valence-corrected chi connectivity index (χ4v) is 7.55. The Bertz CT molecular complexity index is 505. The molecule has 4 aliphatic rings. The second-order valence-corrected chi connectivity index (χ2v) is 8.97. The molecule has 2 aliphatic heterocycles. The van der Waals surface area contributed by atoms with Crippen molar-refractivity contribution in [2.75, 3.05) is 20.3 Å². The van der Waals surface area contributed by atoms with E-state index in [9.17, 15) is 8.42 Å². The Labute approximate surface area is 120 Å². The van der Waals surface area contributed by atoms with E-state index in [0.717, 1.165) is 12.8 Å². The molecule has 4 rings (SSSR count). The van der Waals surface area contributed by atoms with Gasteiger partial charge in [0.05, 0.1) is 18.2 Å². The van der Waals surface area contributed by atoms with Crippen molar-refractivity contribution in [1.29, 1.82) is 0 Å². The van der Waals surface area contributed by atoms with Gasteiger partial charge in [-0.05, 0) is 43.9 Å². The largest absolute Gasteiger partial charge is 0.379 e. The average Bonchev–Trinajstić information content (AvgIpc) is 3.08. The Morgan fingerprint density at radius 3 is 2.70 bits per heavy atom. The third-order valence-corrected chi connectivity index (χ3v) is 8.49. The lowest BCUT2D eigenvalue weighted by molar-refractivity contribution is 0.0262. The second-order valence-electron chi connectivity index (χ2n) is 6.86. The lowest BCUT2D eigenvalue weighted by Gasteiger charge is -2.32. The first kappa shape index (κ1) is 13.5. The maximum Gasteiger partial charge on any atom is 0.219 e. The number of rotatable bonds is 3. The number of nitrogens with zero attached hydrogens (tertiary/aromatic N) is 1. The van der Waals surface area contributed by atoms with Crippen molar-refractivity contribution in [3.63, 3.8) is 0 Å². The van der Waals surface area contributed by atoms with E-state index in [1.54, 1.807) is 11.4 Å². The summed E-state index contributed by atoms with van der Waals surface area (Å²) in [7, 11) is -1.54. The molecule has 20 heavy (non-hydrogen) atoms. The van der Waals surface area contributed by atoms with Crippen LogP contribution in [0.1, 0.15) is 26.2 Å². The first-order chi connectivity index (χ1) is 9.54. The van der Waals surface area contributed by atoms with E-state index in [1.807, 2.05) is 6.92 Å². The van der Waals surface area contributed by atoms with Gasteiger partial charge in [0.1, 0.15) is 5.25 Å². The molecule has 2 saturated carbocycles. The summed E-state index contributed by atoms with van der Waals surface area (Å²) in [4.78, 5) is 0. The summed E-state index contributed by atoms with van der Waals surface area (Å²) in [5.74, 6) is 1.65. The summed E-state index contributed by atoms with van der Waals surface area (Å²) in [5, 5.41) is -0.364. The van der Waals surface area contributed by atoms with Crippen molar-refractivity contribution in [3.05, 3.63) is 0 Å². The first-order valence-corrected chi connectivity index (χ1v) is 9.19. The van der Waals surface area contributed by atoms with Gasteiger partial charge in [0.15, 0.2) is 0 Å². The molecule has 2 heterocycles. The minimum absolute atomic E-state index is 0.0848. The molecule has 6 heteroatoms. The quantitative estimate of drug-likeness (QED) is 0.775. The molecule has 114 valence electrons. The molecule has 0 N–H and O–H groups in total. The Morgan fingerprint density at radius 2 is 2.05 bits per heavy atom. The summed E-state index contributed by atoms with van der Waals surface area (Å²) in [6, 6.07) is 0.0848. The highest BCUT2D eigenvalue weighted by Crippen LogP contribution is 2.56. The fourth-order valence-electron chi connectivity index (χ4n) is 5.23.